The summed E-state index contributed by atoms with van der Waals surface area (Å²) in [6.07, 6.45) is 3.25. The van der Waals surface area contributed by atoms with Crippen molar-refractivity contribution in [1.82, 2.24) is 9.88 Å². The third kappa shape index (κ3) is 4.51. The average Bonchev–Trinajstić information content (AvgIpc) is 3.18. The second-order valence-electron chi connectivity index (χ2n) is 7.36. The highest BCUT2D eigenvalue weighted by atomic mass is 32.2. The van der Waals surface area contributed by atoms with Crippen LogP contribution in [-0.2, 0) is 15.0 Å². The Hall–Kier alpha value is -2.45. The minimum atomic E-state index is -0.972. The van der Waals surface area contributed by atoms with Crippen molar-refractivity contribution in [3.63, 3.8) is 0 Å². The summed E-state index contributed by atoms with van der Waals surface area (Å²) in [5.41, 5.74) is 1.82. The van der Waals surface area contributed by atoms with Crippen molar-refractivity contribution in [2.75, 3.05) is 6.54 Å². The molecule has 0 atom stereocenters. The normalized spacial score (nSPS) is 16.2. The van der Waals surface area contributed by atoms with Crippen LogP contribution in [0.25, 0.3) is 17.4 Å². The van der Waals surface area contributed by atoms with E-state index in [1.54, 1.807) is 18.3 Å². The van der Waals surface area contributed by atoms with Crippen LogP contribution in [0.3, 0.4) is 0 Å². The van der Waals surface area contributed by atoms with Gasteiger partial charge in [0.2, 0.25) is 0 Å². The Kier molecular flexibility index (Phi) is 5.71. The number of carboxylic acid groups (broad SMARTS) is 1. The molecule has 1 saturated heterocycles. The highest BCUT2D eigenvalue weighted by Crippen LogP contribution is 2.33. The number of aliphatic carboxylic acids is 1. The van der Waals surface area contributed by atoms with Gasteiger partial charge in [-0.1, -0.05) is 44.8 Å². The number of hydrogen-bond acceptors (Lipinski definition) is 6. The fourth-order valence-electron chi connectivity index (χ4n) is 2.60. The number of rotatable bonds is 5. The Morgan fingerprint density at radius 1 is 1.32 bits per heavy atom. The molecule has 1 amide bonds. The summed E-state index contributed by atoms with van der Waals surface area (Å²) >= 11 is 6.32. The molecule has 0 saturated carbocycles. The first-order valence-electron chi connectivity index (χ1n) is 8.69. The Bertz CT molecular complexity index is 955. The molecule has 0 radical (unpaired) electrons. The van der Waals surface area contributed by atoms with E-state index in [0.29, 0.717) is 20.7 Å². The van der Waals surface area contributed by atoms with Crippen molar-refractivity contribution < 1.29 is 19.1 Å². The molecule has 0 spiro atoms. The maximum Gasteiger partial charge on any atom is 0.305 e. The van der Waals surface area contributed by atoms with Gasteiger partial charge < -0.3 is 9.52 Å². The van der Waals surface area contributed by atoms with E-state index in [4.69, 9.17) is 21.7 Å². The molecule has 146 valence electrons. The number of nitrogens with zero attached hydrogens (tertiary/aromatic N) is 2. The number of furan rings is 1. The number of pyridine rings is 1. The van der Waals surface area contributed by atoms with Crippen molar-refractivity contribution in [2.24, 2.45) is 0 Å². The lowest BCUT2D eigenvalue weighted by Gasteiger charge is -2.17. The summed E-state index contributed by atoms with van der Waals surface area (Å²) in [7, 11) is 0. The third-order valence-electron chi connectivity index (χ3n) is 4.14. The smallest absolute Gasteiger partial charge is 0.305 e. The molecule has 2 aromatic heterocycles. The molecule has 8 heteroatoms. The fourth-order valence-corrected chi connectivity index (χ4v) is 3.89. The van der Waals surface area contributed by atoms with Gasteiger partial charge in [0.05, 0.1) is 11.3 Å². The van der Waals surface area contributed by atoms with E-state index in [1.807, 2.05) is 18.2 Å². The molecule has 6 nitrogen and oxygen atoms in total. The van der Waals surface area contributed by atoms with Crippen LogP contribution in [0.15, 0.2) is 39.8 Å². The van der Waals surface area contributed by atoms with Crippen LogP contribution in [0.5, 0.6) is 0 Å². The van der Waals surface area contributed by atoms with Crippen molar-refractivity contribution >= 4 is 46.3 Å². The first-order chi connectivity index (χ1) is 13.1. The first-order valence-corrected chi connectivity index (χ1v) is 9.91. The second kappa shape index (κ2) is 7.89. The SMILES string of the molecule is CC(C)(C)c1ccc(-c2ccc(/C=C3/SC(=S)N(CCC(=O)O)C3=O)o2)cn1. The van der Waals surface area contributed by atoms with Crippen LogP contribution >= 0.6 is 24.0 Å². The Balaban J connectivity index is 1.76. The lowest BCUT2D eigenvalue weighted by atomic mass is 9.91. The first kappa shape index (κ1) is 20.3. The van der Waals surface area contributed by atoms with Crippen LogP contribution in [0, 0.1) is 0 Å². The molecule has 0 unspecified atom stereocenters. The molecule has 1 fully saturated rings. The lowest BCUT2D eigenvalue weighted by molar-refractivity contribution is -0.137. The molecule has 0 bridgehead atoms. The van der Waals surface area contributed by atoms with E-state index in [-0.39, 0.29) is 24.3 Å². The Morgan fingerprint density at radius 2 is 2.07 bits per heavy atom. The quantitative estimate of drug-likeness (QED) is 0.574. The highest BCUT2D eigenvalue weighted by Gasteiger charge is 2.32. The number of thioether (sulfide) groups is 1. The number of carbonyl (C=O) groups excluding carboxylic acids is 1. The molecule has 1 aliphatic rings. The van der Waals surface area contributed by atoms with Gasteiger partial charge in [0.15, 0.2) is 0 Å². The molecular weight excluding hydrogens is 396 g/mol. The van der Waals surface area contributed by atoms with E-state index in [0.717, 1.165) is 23.0 Å². The molecule has 28 heavy (non-hydrogen) atoms. The van der Waals surface area contributed by atoms with Gasteiger partial charge >= 0.3 is 5.97 Å². The molecule has 1 N–H and O–H groups in total. The van der Waals surface area contributed by atoms with Gasteiger partial charge in [-0.15, -0.1) is 0 Å². The number of amides is 1. The highest BCUT2D eigenvalue weighted by molar-refractivity contribution is 8.26. The molecule has 3 rings (SSSR count). The topological polar surface area (TPSA) is 83.6 Å². The number of hydrogen-bond donors (Lipinski definition) is 1. The van der Waals surface area contributed by atoms with Gasteiger partial charge in [-0.3, -0.25) is 19.5 Å². The summed E-state index contributed by atoms with van der Waals surface area (Å²) in [4.78, 5) is 29.4. The number of thiocarbonyl (C=S) groups is 1. The molecule has 1 aliphatic heterocycles. The summed E-state index contributed by atoms with van der Waals surface area (Å²) in [5, 5.41) is 8.80. The summed E-state index contributed by atoms with van der Waals surface area (Å²) in [6.45, 7) is 6.37. The van der Waals surface area contributed by atoms with Crippen molar-refractivity contribution in [1.29, 1.82) is 0 Å². The molecular formula is C20H20N2O4S2. The van der Waals surface area contributed by atoms with Gasteiger partial charge in [0.1, 0.15) is 15.8 Å². The van der Waals surface area contributed by atoms with E-state index in [2.05, 4.69) is 25.8 Å². The number of aromatic nitrogens is 1. The summed E-state index contributed by atoms with van der Waals surface area (Å²) in [5.74, 6) is -0.0978. The number of carboxylic acids is 1. The van der Waals surface area contributed by atoms with Crippen molar-refractivity contribution in [2.45, 2.75) is 32.6 Å². The average molecular weight is 417 g/mol. The maximum absolute atomic E-state index is 12.4. The van der Waals surface area contributed by atoms with Gasteiger partial charge in [-0.25, -0.2) is 0 Å². The van der Waals surface area contributed by atoms with Gasteiger partial charge in [0.25, 0.3) is 5.91 Å². The maximum atomic E-state index is 12.4. The predicted molar refractivity (Wildman–Crippen MR) is 113 cm³/mol. The lowest BCUT2D eigenvalue weighted by Crippen LogP contribution is -2.30. The fraction of sp³-hybridized carbons (Fsp3) is 0.300. The van der Waals surface area contributed by atoms with Crippen molar-refractivity contribution in [3.05, 3.63) is 46.8 Å². The van der Waals surface area contributed by atoms with Crippen molar-refractivity contribution in [3.8, 4) is 11.3 Å². The van der Waals surface area contributed by atoms with Crippen LogP contribution in [0.1, 0.15) is 38.6 Å². The van der Waals surface area contributed by atoms with Gasteiger partial charge in [-0.2, -0.15) is 0 Å². The summed E-state index contributed by atoms with van der Waals surface area (Å²) < 4.78 is 6.19. The van der Waals surface area contributed by atoms with Crippen LogP contribution in [-0.4, -0.2) is 37.7 Å². The largest absolute Gasteiger partial charge is 0.481 e. The second-order valence-corrected chi connectivity index (χ2v) is 9.04. The summed E-state index contributed by atoms with van der Waals surface area (Å²) in [6, 6.07) is 7.54. The van der Waals surface area contributed by atoms with E-state index in [1.165, 1.54) is 4.90 Å². The van der Waals surface area contributed by atoms with Crippen LogP contribution in [0.4, 0.5) is 0 Å². The third-order valence-corrected chi connectivity index (χ3v) is 5.52. The van der Waals surface area contributed by atoms with Crippen LogP contribution in [0.2, 0.25) is 0 Å². The molecule has 2 aromatic rings. The molecule has 0 aromatic carbocycles. The predicted octanol–water partition coefficient (Wildman–Crippen LogP) is 4.32. The Labute approximate surface area is 172 Å². The van der Waals surface area contributed by atoms with Crippen LogP contribution < -0.4 is 0 Å². The zero-order valence-corrected chi connectivity index (χ0v) is 17.4. The minimum absolute atomic E-state index is 0.0255. The molecule has 3 heterocycles. The van der Waals surface area contributed by atoms with E-state index >= 15 is 0 Å². The number of carbonyl (C=O) groups is 2. The zero-order valence-electron chi connectivity index (χ0n) is 15.8. The standard InChI is InChI=1S/C20H20N2O4S2/c1-20(2,3)16-7-4-12(11-21-16)14-6-5-13(26-14)10-15-18(25)22(19(27)28-15)9-8-17(23)24/h4-7,10-11H,8-9H2,1-3H3,(H,23,24)/b15-10+. The van der Waals surface area contributed by atoms with Gasteiger partial charge in [0, 0.05) is 35.5 Å². The van der Waals surface area contributed by atoms with E-state index in [9.17, 15) is 9.59 Å². The Morgan fingerprint density at radius 3 is 2.68 bits per heavy atom. The van der Waals surface area contributed by atoms with E-state index < -0.39 is 5.97 Å². The van der Waals surface area contributed by atoms with Gasteiger partial charge in [-0.05, 0) is 24.3 Å². The monoisotopic (exact) mass is 416 g/mol. The molecule has 0 aliphatic carbocycles. The zero-order chi connectivity index (χ0) is 20.5. The minimum Gasteiger partial charge on any atom is -0.481 e.